The van der Waals surface area contributed by atoms with Gasteiger partial charge in [-0.05, 0) is 29.7 Å². The van der Waals surface area contributed by atoms with Crippen molar-refractivity contribution in [3.05, 3.63) is 65.5 Å². The summed E-state index contributed by atoms with van der Waals surface area (Å²) in [6.45, 7) is 1.13. The number of urea groups is 1. The SMILES string of the molecule is O=C(NCCOc1cccc(F)c1)NCCc1ccc(CO)cc1. The van der Waals surface area contributed by atoms with Crippen LogP contribution >= 0.6 is 0 Å². The zero-order chi connectivity index (χ0) is 17.2. The Kier molecular flexibility index (Phi) is 7.04. The van der Waals surface area contributed by atoms with Gasteiger partial charge in [-0.2, -0.15) is 0 Å². The molecule has 0 aliphatic heterocycles. The van der Waals surface area contributed by atoms with Crippen molar-refractivity contribution in [3.8, 4) is 5.75 Å². The van der Waals surface area contributed by atoms with Crippen LogP contribution in [0.3, 0.4) is 0 Å². The molecule has 3 N–H and O–H groups in total. The minimum atomic E-state index is -0.356. The van der Waals surface area contributed by atoms with Gasteiger partial charge in [-0.3, -0.25) is 0 Å². The van der Waals surface area contributed by atoms with Gasteiger partial charge < -0.3 is 20.5 Å². The summed E-state index contributed by atoms with van der Waals surface area (Å²) >= 11 is 0. The van der Waals surface area contributed by atoms with E-state index < -0.39 is 0 Å². The van der Waals surface area contributed by atoms with Crippen LogP contribution in [0.4, 0.5) is 9.18 Å². The Morgan fingerprint density at radius 2 is 1.75 bits per heavy atom. The Morgan fingerprint density at radius 3 is 2.46 bits per heavy atom. The molecule has 2 aromatic carbocycles. The first-order chi connectivity index (χ1) is 11.7. The highest BCUT2D eigenvalue weighted by molar-refractivity contribution is 5.73. The van der Waals surface area contributed by atoms with Crippen LogP contribution in [0, 0.1) is 5.82 Å². The molecule has 5 nitrogen and oxygen atoms in total. The Balaban J connectivity index is 1.57. The molecule has 2 amide bonds. The average Bonchev–Trinajstić information content (AvgIpc) is 2.59. The summed E-state index contributed by atoms with van der Waals surface area (Å²) < 4.78 is 18.3. The number of rotatable bonds is 8. The number of benzene rings is 2. The van der Waals surface area contributed by atoms with Gasteiger partial charge in [0.1, 0.15) is 18.2 Å². The fraction of sp³-hybridized carbons (Fsp3) is 0.278. The van der Waals surface area contributed by atoms with Crippen molar-refractivity contribution in [1.29, 1.82) is 0 Å². The van der Waals surface area contributed by atoms with Gasteiger partial charge in [-0.15, -0.1) is 0 Å². The number of hydrogen-bond donors (Lipinski definition) is 3. The van der Waals surface area contributed by atoms with Gasteiger partial charge >= 0.3 is 6.03 Å². The molecule has 0 aliphatic rings. The maximum Gasteiger partial charge on any atom is 0.314 e. The van der Waals surface area contributed by atoms with Crippen LogP contribution in [0.15, 0.2) is 48.5 Å². The fourth-order valence-corrected chi connectivity index (χ4v) is 2.08. The van der Waals surface area contributed by atoms with E-state index in [1.807, 2.05) is 24.3 Å². The van der Waals surface area contributed by atoms with Crippen LogP contribution in [0.1, 0.15) is 11.1 Å². The Labute approximate surface area is 140 Å². The molecule has 0 aromatic heterocycles. The highest BCUT2D eigenvalue weighted by Gasteiger charge is 2.01. The van der Waals surface area contributed by atoms with Crippen molar-refractivity contribution in [3.63, 3.8) is 0 Å². The zero-order valence-electron chi connectivity index (χ0n) is 13.3. The lowest BCUT2D eigenvalue weighted by Crippen LogP contribution is -2.38. The van der Waals surface area contributed by atoms with Crippen molar-refractivity contribution in [2.45, 2.75) is 13.0 Å². The summed E-state index contributed by atoms with van der Waals surface area (Å²) in [7, 11) is 0. The van der Waals surface area contributed by atoms with Crippen LogP contribution in [-0.2, 0) is 13.0 Å². The van der Waals surface area contributed by atoms with Crippen molar-refractivity contribution < 1.29 is 19.0 Å². The van der Waals surface area contributed by atoms with Crippen LogP contribution in [-0.4, -0.2) is 30.8 Å². The smallest absolute Gasteiger partial charge is 0.314 e. The van der Waals surface area contributed by atoms with Gasteiger partial charge in [0, 0.05) is 12.6 Å². The molecule has 2 rings (SSSR count). The topological polar surface area (TPSA) is 70.6 Å². The van der Waals surface area contributed by atoms with Crippen molar-refractivity contribution in [2.75, 3.05) is 19.7 Å². The van der Waals surface area contributed by atoms with E-state index in [0.29, 0.717) is 25.3 Å². The highest BCUT2D eigenvalue weighted by Crippen LogP contribution is 2.11. The number of carbonyl (C=O) groups excluding carboxylic acids is 1. The normalized spacial score (nSPS) is 10.2. The quantitative estimate of drug-likeness (QED) is 0.649. The lowest BCUT2D eigenvalue weighted by atomic mass is 10.1. The second-order valence-electron chi connectivity index (χ2n) is 5.21. The third-order valence-corrected chi connectivity index (χ3v) is 3.36. The molecule has 0 fully saturated rings. The van der Waals surface area contributed by atoms with Crippen LogP contribution < -0.4 is 15.4 Å². The fourth-order valence-electron chi connectivity index (χ4n) is 2.08. The standard InChI is InChI=1S/C18H21FN2O3/c19-16-2-1-3-17(12-16)24-11-10-21-18(23)20-9-8-14-4-6-15(13-22)7-5-14/h1-7,12,22H,8-11,13H2,(H2,20,21,23). The third-order valence-electron chi connectivity index (χ3n) is 3.36. The molecule has 0 aliphatic carbocycles. The van der Waals surface area contributed by atoms with Gasteiger partial charge in [-0.25, -0.2) is 9.18 Å². The number of nitrogens with one attached hydrogen (secondary N) is 2. The number of ether oxygens (including phenoxy) is 1. The molecule has 6 heteroatoms. The maximum atomic E-state index is 13.0. The third kappa shape index (κ3) is 6.26. The van der Waals surface area contributed by atoms with E-state index >= 15 is 0 Å². The lowest BCUT2D eigenvalue weighted by molar-refractivity contribution is 0.236. The first-order valence-electron chi connectivity index (χ1n) is 7.76. The highest BCUT2D eigenvalue weighted by atomic mass is 19.1. The summed E-state index contributed by atoms with van der Waals surface area (Å²) in [6, 6.07) is 13.2. The molecule has 0 atom stereocenters. The van der Waals surface area contributed by atoms with E-state index in [1.165, 1.54) is 12.1 Å². The van der Waals surface area contributed by atoms with Gasteiger partial charge in [-0.1, -0.05) is 30.3 Å². The van der Waals surface area contributed by atoms with Gasteiger partial charge in [0.15, 0.2) is 0 Å². The van der Waals surface area contributed by atoms with E-state index in [9.17, 15) is 9.18 Å². The number of aliphatic hydroxyl groups is 1. The maximum absolute atomic E-state index is 13.0. The minimum Gasteiger partial charge on any atom is -0.492 e. The van der Waals surface area contributed by atoms with Crippen LogP contribution in [0.5, 0.6) is 5.75 Å². The number of carbonyl (C=O) groups is 1. The number of halogens is 1. The molecule has 0 heterocycles. The summed E-state index contributed by atoms with van der Waals surface area (Å²) in [5.41, 5.74) is 1.95. The molecule has 0 radical (unpaired) electrons. The summed E-state index contributed by atoms with van der Waals surface area (Å²) in [5, 5.41) is 14.4. The van der Waals surface area contributed by atoms with Gasteiger partial charge in [0.05, 0.1) is 13.2 Å². The largest absolute Gasteiger partial charge is 0.492 e. The lowest BCUT2D eigenvalue weighted by Gasteiger charge is -2.09. The number of aliphatic hydroxyl groups excluding tert-OH is 1. The van der Waals surface area contributed by atoms with Gasteiger partial charge in [0.2, 0.25) is 0 Å². The Morgan fingerprint density at radius 1 is 1.04 bits per heavy atom. The van der Waals surface area contributed by atoms with Crippen molar-refractivity contribution >= 4 is 6.03 Å². The minimum absolute atomic E-state index is 0.0264. The summed E-state index contributed by atoms with van der Waals surface area (Å²) in [4.78, 5) is 11.6. The molecule has 24 heavy (non-hydrogen) atoms. The first-order valence-corrected chi connectivity index (χ1v) is 7.76. The van der Waals surface area contributed by atoms with Crippen LogP contribution in [0.2, 0.25) is 0 Å². The summed E-state index contributed by atoms with van der Waals surface area (Å²) in [5.74, 6) is 0.0776. The molecule has 0 unspecified atom stereocenters. The predicted molar refractivity (Wildman–Crippen MR) is 89.4 cm³/mol. The molecule has 128 valence electrons. The van der Waals surface area contributed by atoms with E-state index in [-0.39, 0.29) is 25.1 Å². The predicted octanol–water partition coefficient (Wildman–Crippen LogP) is 2.24. The number of hydrogen-bond acceptors (Lipinski definition) is 3. The van der Waals surface area contributed by atoms with E-state index in [4.69, 9.17) is 9.84 Å². The molecule has 0 saturated heterocycles. The van der Waals surface area contributed by atoms with Crippen LogP contribution in [0.25, 0.3) is 0 Å². The van der Waals surface area contributed by atoms with Crippen molar-refractivity contribution in [1.82, 2.24) is 10.6 Å². The zero-order valence-corrected chi connectivity index (χ0v) is 13.3. The van der Waals surface area contributed by atoms with Crippen molar-refractivity contribution in [2.24, 2.45) is 0 Å². The molecular formula is C18H21FN2O3. The van der Waals surface area contributed by atoms with E-state index in [0.717, 1.165) is 11.1 Å². The average molecular weight is 332 g/mol. The first kappa shape index (κ1) is 17.7. The molecule has 0 saturated carbocycles. The van der Waals surface area contributed by atoms with Gasteiger partial charge in [0.25, 0.3) is 0 Å². The van der Waals surface area contributed by atoms with E-state index in [2.05, 4.69) is 10.6 Å². The Hall–Kier alpha value is -2.60. The Bertz CT molecular complexity index is 647. The second kappa shape index (κ2) is 9.52. The molecular weight excluding hydrogens is 311 g/mol. The molecule has 2 aromatic rings. The molecule has 0 spiro atoms. The molecule has 0 bridgehead atoms. The van der Waals surface area contributed by atoms with E-state index in [1.54, 1.807) is 12.1 Å². The number of amides is 2. The summed E-state index contributed by atoms with van der Waals surface area (Å²) in [6.07, 6.45) is 0.707. The second-order valence-corrected chi connectivity index (χ2v) is 5.21. The monoisotopic (exact) mass is 332 g/mol.